The molecule has 0 unspecified atom stereocenters. The Morgan fingerprint density at radius 1 is 1.24 bits per heavy atom. The first-order valence-electron chi connectivity index (χ1n) is 5.91. The maximum Gasteiger partial charge on any atom is 0.120 e. The number of piperidine rings is 1. The van der Waals surface area contributed by atoms with Gasteiger partial charge in [-0.05, 0) is 56.9 Å². The summed E-state index contributed by atoms with van der Waals surface area (Å²) in [6, 6.07) is 3.33. The van der Waals surface area contributed by atoms with E-state index in [9.17, 15) is 5.11 Å². The molecule has 1 N–H and O–H groups in total. The highest BCUT2D eigenvalue weighted by Gasteiger charge is 2.18. The number of aromatic hydroxyl groups is 1. The van der Waals surface area contributed by atoms with Crippen molar-refractivity contribution < 1.29 is 5.11 Å². The largest absolute Gasteiger partial charge is 0.508 e. The summed E-state index contributed by atoms with van der Waals surface area (Å²) in [5, 5.41) is 10.8. The van der Waals surface area contributed by atoms with Crippen molar-refractivity contribution in [3.63, 3.8) is 0 Å². The van der Waals surface area contributed by atoms with Crippen LogP contribution < -0.4 is 0 Å². The lowest BCUT2D eigenvalue weighted by Crippen LogP contribution is -2.30. The Labute approximate surface area is 112 Å². The second-order valence-electron chi connectivity index (χ2n) is 4.85. The van der Waals surface area contributed by atoms with Gasteiger partial charge in [-0.1, -0.05) is 23.2 Å². The minimum atomic E-state index is 0.262. The zero-order valence-electron chi connectivity index (χ0n) is 9.92. The van der Waals surface area contributed by atoms with E-state index in [1.54, 1.807) is 6.07 Å². The van der Waals surface area contributed by atoms with Crippen molar-refractivity contribution in [2.24, 2.45) is 5.92 Å². The van der Waals surface area contributed by atoms with Crippen LogP contribution in [0.15, 0.2) is 12.1 Å². The highest BCUT2D eigenvalue weighted by atomic mass is 35.5. The summed E-state index contributed by atoms with van der Waals surface area (Å²) in [6.45, 7) is 2.26. The van der Waals surface area contributed by atoms with Crippen molar-refractivity contribution in [1.29, 1.82) is 0 Å². The molecule has 1 aliphatic heterocycles. The molecule has 0 spiro atoms. The lowest BCUT2D eigenvalue weighted by molar-refractivity contribution is 0.218. The Morgan fingerprint density at radius 2 is 1.82 bits per heavy atom. The highest BCUT2D eigenvalue weighted by molar-refractivity contribution is 6.42. The predicted molar refractivity (Wildman–Crippen MR) is 72.1 cm³/mol. The van der Waals surface area contributed by atoms with E-state index in [1.165, 1.54) is 18.9 Å². The van der Waals surface area contributed by atoms with E-state index in [1.807, 2.05) is 0 Å². The van der Waals surface area contributed by atoms with Crippen LogP contribution in [0.5, 0.6) is 5.75 Å². The molecule has 1 heterocycles. The van der Waals surface area contributed by atoms with Crippen LogP contribution in [-0.2, 0) is 6.42 Å². The molecule has 1 fully saturated rings. The normalized spacial score (nSPS) is 18.5. The van der Waals surface area contributed by atoms with Gasteiger partial charge in [0.25, 0.3) is 0 Å². The number of phenols is 1. The maximum atomic E-state index is 9.84. The van der Waals surface area contributed by atoms with Crippen molar-refractivity contribution in [2.75, 3.05) is 20.1 Å². The highest BCUT2D eigenvalue weighted by Crippen LogP contribution is 2.32. The summed E-state index contributed by atoms with van der Waals surface area (Å²) in [7, 11) is 2.15. The fourth-order valence-electron chi connectivity index (χ4n) is 2.32. The summed E-state index contributed by atoms with van der Waals surface area (Å²) >= 11 is 11.8. The molecule has 0 amide bonds. The van der Waals surface area contributed by atoms with E-state index in [2.05, 4.69) is 11.9 Å². The molecule has 1 saturated heterocycles. The molecule has 0 aromatic heterocycles. The Morgan fingerprint density at radius 3 is 2.47 bits per heavy atom. The van der Waals surface area contributed by atoms with Gasteiger partial charge < -0.3 is 10.0 Å². The molecule has 2 nitrogen and oxygen atoms in total. The van der Waals surface area contributed by atoms with Crippen LogP contribution in [-0.4, -0.2) is 30.1 Å². The van der Waals surface area contributed by atoms with Gasteiger partial charge in [0.05, 0.1) is 10.0 Å². The van der Waals surface area contributed by atoms with Gasteiger partial charge in [-0.3, -0.25) is 0 Å². The number of likely N-dealkylation sites (tertiary alicyclic amines) is 1. The third kappa shape index (κ3) is 3.27. The smallest absolute Gasteiger partial charge is 0.120 e. The maximum absolute atomic E-state index is 9.84. The minimum Gasteiger partial charge on any atom is -0.508 e. The lowest BCUT2D eigenvalue weighted by Gasteiger charge is -2.29. The molecule has 1 aliphatic rings. The number of benzene rings is 1. The molecule has 17 heavy (non-hydrogen) atoms. The lowest BCUT2D eigenvalue weighted by atomic mass is 9.90. The standard InChI is InChI=1S/C13H17Cl2NO/c1-16-4-2-9(3-5-16)6-10-7-11(14)12(15)8-13(10)17/h7-9,17H,2-6H2,1H3. The van der Waals surface area contributed by atoms with Gasteiger partial charge >= 0.3 is 0 Å². The van der Waals surface area contributed by atoms with Gasteiger partial charge in [-0.25, -0.2) is 0 Å². The quantitative estimate of drug-likeness (QED) is 0.891. The fourth-order valence-corrected chi connectivity index (χ4v) is 2.66. The van der Waals surface area contributed by atoms with Gasteiger partial charge in [-0.2, -0.15) is 0 Å². The number of nitrogens with zero attached hydrogens (tertiary/aromatic N) is 1. The van der Waals surface area contributed by atoms with Crippen molar-refractivity contribution in [3.05, 3.63) is 27.7 Å². The van der Waals surface area contributed by atoms with Crippen LogP contribution in [0.2, 0.25) is 10.0 Å². The molecule has 0 saturated carbocycles. The molecule has 2 rings (SSSR count). The third-order valence-corrected chi connectivity index (χ3v) is 4.19. The second kappa shape index (κ2) is 5.47. The molecular formula is C13H17Cl2NO. The monoisotopic (exact) mass is 273 g/mol. The first-order chi connectivity index (χ1) is 8.06. The summed E-state index contributed by atoms with van der Waals surface area (Å²) in [6.07, 6.45) is 3.24. The van der Waals surface area contributed by atoms with Gasteiger partial charge in [0, 0.05) is 6.07 Å². The van der Waals surface area contributed by atoms with E-state index in [-0.39, 0.29) is 5.75 Å². The Hall–Kier alpha value is -0.440. The summed E-state index contributed by atoms with van der Waals surface area (Å²) in [4.78, 5) is 2.34. The zero-order valence-corrected chi connectivity index (χ0v) is 11.4. The summed E-state index contributed by atoms with van der Waals surface area (Å²) < 4.78 is 0. The fraction of sp³-hybridized carbons (Fsp3) is 0.538. The Bertz CT molecular complexity index is 401. The van der Waals surface area contributed by atoms with Gasteiger partial charge in [-0.15, -0.1) is 0 Å². The molecule has 4 heteroatoms. The van der Waals surface area contributed by atoms with E-state index in [0.717, 1.165) is 25.1 Å². The van der Waals surface area contributed by atoms with E-state index < -0.39 is 0 Å². The second-order valence-corrected chi connectivity index (χ2v) is 5.66. The number of halogens is 2. The van der Waals surface area contributed by atoms with Crippen LogP contribution >= 0.6 is 23.2 Å². The van der Waals surface area contributed by atoms with Crippen molar-refractivity contribution in [3.8, 4) is 5.75 Å². The van der Waals surface area contributed by atoms with Gasteiger partial charge in [0.15, 0.2) is 0 Å². The number of rotatable bonds is 2. The Kier molecular flexibility index (Phi) is 4.18. The molecule has 0 aliphatic carbocycles. The molecule has 1 aromatic rings. The molecule has 0 radical (unpaired) electrons. The molecule has 0 atom stereocenters. The molecular weight excluding hydrogens is 257 g/mol. The van der Waals surface area contributed by atoms with Crippen LogP contribution in [0.4, 0.5) is 0 Å². The molecule has 0 bridgehead atoms. The Balaban J connectivity index is 2.06. The first-order valence-corrected chi connectivity index (χ1v) is 6.67. The topological polar surface area (TPSA) is 23.5 Å². The SMILES string of the molecule is CN1CCC(Cc2cc(Cl)c(Cl)cc2O)CC1. The molecule has 1 aromatic carbocycles. The number of phenolic OH excluding ortho intramolecular Hbond substituents is 1. The third-order valence-electron chi connectivity index (χ3n) is 3.47. The van der Waals surface area contributed by atoms with Crippen molar-refractivity contribution in [1.82, 2.24) is 4.90 Å². The average molecular weight is 274 g/mol. The number of hydrogen-bond donors (Lipinski definition) is 1. The van der Waals surface area contributed by atoms with Crippen LogP contribution in [0.3, 0.4) is 0 Å². The van der Waals surface area contributed by atoms with Gasteiger partial charge in [0.1, 0.15) is 5.75 Å². The van der Waals surface area contributed by atoms with E-state index in [0.29, 0.717) is 16.0 Å². The summed E-state index contributed by atoms with van der Waals surface area (Å²) in [5.74, 6) is 0.896. The van der Waals surface area contributed by atoms with Crippen LogP contribution in [0.25, 0.3) is 0 Å². The van der Waals surface area contributed by atoms with Crippen LogP contribution in [0, 0.1) is 5.92 Å². The first kappa shape index (κ1) is 13.0. The van der Waals surface area contributed by atoms with E-state index >= 15 is 0 Å². The van der Waals surface area contributed by atoms with E-state index in [4.69, 9.17) is 23.2 Å². The van der Waals surface area contributed by atoms with Gasteiger partial charge in [0.2, 0.25) is 0 Å². The van der Waals surface area contributed by atoms with Crippen molar-refractivity contribution in [2.45, 2.75) is 19.3 Å². The zero-order chi connectivity index (χ0) is 12.4. The summed E-state index contributed by atoms with van der Waals surface area (Å²) in [5.41, 5.74) is 0.911. The predicted octanol–water partition coefficient (Wildman–Crippen LogP) is 3.58. The number of hydrogen-bond acceptors (Lipinski definition) is 2. The minimum absolute atomic E-state index is 0.262. The molecule has 94 valence electrons. The average Bonchev–Trinajstić information content (AvgIpc) is 2.29. The van der Waals surface area contributed by atoms with Crippen LogP contribution in [0.1, 0.15) is 18.4 Å². The van der Waals surface area contributed by atoms with Crippen molar-refractivity contribution >= 4 is 23.2 Å².